The molecule has 1 heterocycles. The molecule has 90 valence electrons. The van der Waals surface area contributed by atoms with Crippen molar-refractivity contribution >= 4 is 17.4 Å². The van der Waals surface area contributed by atoms with Gasteiger partial charge in [-0.15, -0.1) is 0 Å². The van der Waals surface area contributed by atoms with Crippen molar-refractivity contribution in [2.45, 2.75) is 17.3 Å². The standard InChI is InChI=1S/C13H17N3S/c1-11(17-13-14-8-9-16(13)2)10-15-12-6-4-3-5-7-12/h3-9,11,15H,10H2,1-2H3. The molecule has 0 spiro atoms. The molecule has 1 N–H and O–H groups in total. The van der Waals surface area contributed by atoms with Crippen LogP contribution >= 0.6 is 11.8 Å². The summed E-state index contributed by atoms with van der Waals surface area (Å²) in [6, 6.07) is 10.3. The summed E-state index contributed by atoms with van der Waals surface area (Å²) >= 11 is 1.79. The number of thioether (sulfide) groups is 1. The molecule has 0 aliphatic carbocycles. The normalized spacial score (nSPS) is 12.4. The second-order valence-corrected chi connectivity index (χ2v) is 5.40. The maximum absolute atomic E-state index is 4.31. The number of hydrogen-bond donors (Lipinski definition) is 1. The van der Waals surface area contributed by atoms with Gasteiger partial charge in [0.25, 0.3) is 0 Å². The molecule has 0 saturated heterocycles. The highest BCUT2D eigenvalue weighted by Crippen LogP contribution is 2.20. The van der Waals surface area contributed by atoms with Crippen LogP contribution in [0, 0.1) is 0 Å². The Morgan fingerprint density at radius 1 is 1.35 bits per heavy atom. The molecule has 0 saturated carbocycles. The van der Waals surface area contributed by atoms with Gasteiger partial charge in [0.05, 0.1) is 0 Å². The quantitative estimate of drug-likeness (QED) is 0.824. The van der Waals surface area contributed by atoms with Crippen molar-refractivity contribution in [3.63, 3.8) is 0 Å². The van der Waals surface area contributed by atoms with Gasteiger partial charge in [-0.1, -0.05) is 36.9 Å². The lowest BCUT2D eigenvalue weighted by molar-refractivity contribution is 0.785. The number of aromatic nitrogens is 2. The minimum absolute atomic E-state index is 0.483. The third-order valence-electron chi connectivity index (χ3n) is 2.45. The van der Waals surface area contributed by atoms with E-state index < -0.39 is 0 Å². The van der Waals surface area contributed by atoms with Gasteiger partial charge < -0.3 is 9.88 Å². The molecule has 1 aromatic heterocycles. The highest BCUT2D eigenvalue weighted by Gasteiger charge is 2.07. The first-order valence-corrected chi connectivity index (χ1v) is 6.56. The van der Waals surface area contributed by atoms with Crippen LogP contribution in [0.2, 0.25) is 0 Å². The molecule has 4 heteroatoms. The summed E-state index contributed by atoms with van der Waals surface area (Å²) in [6.45, 7) is 3.14. The molecule has 1 unspecified atom stereocenters. The highest BCUT2D eigenvalue weighted by atomic mass is 32.2. The van der Waals surface area contributed by atoms with Crippen molar-refractivity contribution in [1.29, 1.82) is 0 Å². The summed E-state index contributed by atoms with van der Waals surface area (Å²) in [6.07, 6.45) is 3.80. The van der Waals surface area contributed by atoms with Gasteiger partial charge in [0, 0.05) is 36.9 Å². The summed E-state index contributed by atoms with van der Waals surface area (Å²) < 4.78 is 2.05. The van der Waals surface area contributed by atoms with E-state index in [4.69, 9.17) is 0 Å². The first-order chi connectivity index (χ1) is 8.25. The monoisotopic (exact) mass is 247 g/mol. The van der Waals surface area contributed by atoms with Crippen LogP contribution in [0.15, 0.2) is 47.9 Å². The van der Waals surface area contributed by atoms with Crippen LogP contribution in [0.3, 0.4) is 0 Å². The topological polar surface area (TPSA) is 29.9 Å². The Balaban J connectivity index is 1.82. The van der Waals surface area contributed by atoms with E-state index in [0.717, 1.165) is 11.7 Å². The second-order valence-electron chi connectivity index (χ2n) is 4.00. The van der Waals surface area contributed by atoms with E-state index in [1.165, 1.54) is 5.69 Å². The predicted molar refractivity (Wildman–Crippen MR) is 73.5 cm³/mol. The van der Waals surface area contributed by atoms with Gasteiger partial charge in [-0.25, -0.2) is 4.98 Å². The summed E-state index contributed by atoms with van der Waals surface area (Å²) in [5.41, 5.74) is 1.17. The van der Waals surface area contributed by atoms with Gasteiger partial charge in [-0.2, -0.15) is 0 Å². The van der Waals surface area contributed by atoms with E-state index in [-0.39, 0.29) is 0 Å². The molecule has 3 nitrogen and oxygen atoms in total. The molecule has 1 atom stereocenters. The predicted octanol–water partition coefficient (Wildman–Crippen LogP) is 3.01. The van der Waals surface area contributed by atoms with E-state index >= 15 is 0 Å². The fourth-order valence-corrected chi connectivity index (χ4v) is 2.38. The smallest absolute Gasteiger partial charge is 0.167 e. The van der Waals surface area contributed by atoms with Crippen LogP contribution in [0.25, 0.3) is 0 Å². The number of anilines is 1. The average molecular weight is 247 g/mol. The Bertz CT molecular complexity index is 453. The van der Waals surface area contributed by atoms with Crippen molar-refractivity contribution in [3.8, 4) is 0 Å². The largest absolute Gasteiger partial charge is 0.384 e. The summed E-state index contributed by atoms with van der Waals surface area (Å²) in [5.74, 6) is 0. The average Bonchev–Trinajstić information content (AvgIpc) is 2.74. The van der Waals surface area contributed by atoms with Crippen molar-refractivity contribution in [3.05, 3.63) is 42.7 Å². The van der Waals surface area contributed by atoms with E-state index in [2.05, 4.69) is 29.4 Å². The minimum Gasteiger partial charge on any atom is -0.384 e. The van der Waals surface area contributed by atoms with Crippen molar-refractivity contribution < 1.29 is 0 Å². The number of benzene rings is 1. The number of aryl methyl sites for hydroxylation is 1. The lowest BCUT2D eigenvalue weighted by atomic mass is 10.3. The van der Waals surface area contributed by atoms with Crippen molar-refractivity contribution in [2.75, 3.05) is 11.9 Å². The Hall–Kier alpha value is -1.42. The number of hydrogen-bond acceptors (Lipinski definition) is 3. The van der Waals surface area contributed by atoms with Crippen LogP contribution in [0.1, 0.15) is 6.92 Å². The third kappa shape index (κ3) is 3.53. The van der Waals surface area contributed by atoms with Gasteiger partial charge in [0.2, 0.25) is 0 Å². The van der Waals surface area contributed by atoms with E-state index in [9.17, 15) is 0 Å². The maximum Gasteiger partial charge on any atom is 0.167 e. The van der Waals surface area contributed by atoms with Gasteiger partial charge >= 0.3 is 0 Å². The summed E-state index contributed by atoms with van der Waals surface area (Å²) in [4.78, 5) is 4.31. The van der Waals surface area contributed by atoms with Crippen molar-refractivity contribution in [2.24, 2.45) is 7.05 Å². The lowest BCUT2D eigenvalue weighted by Gasteiger charge is -2.12. The molecular formula is C13H17N3S. The Morgan fingerprint density at radius 2 is 2.12 bits per heavy atom. The summed E-state index contributed by atoms with van der Waals surface area (Å²) in [5, 5.41) is 4.96. The number of imidazole rings is 1. The number of nitrogens with one attached hydrogen (secondary N) is 1. The zero-order valence-corrected chi connectivity index (χ0v) is 10.9. The van der Waals surface area contributed by atoms with Crippen LogP contribution in [0.4, 0.5) is 5.69 Å². The van der Waals surface area contributed by atoms with Gasteiger partial charge in [-0.05, 0) is 12.1 Å². The molecule has 2 aromatic rings. The molecule has 0 amide bonds. The highest BCUT2D eigenvalue weighted by molar-refractivity contribution is 7.99. The molecule has 0 bridgehead atoms. The summed E-state index contributed by atoms with van der Waals surface area (Å²) in [7, 11) is 2.02. The van der Waals surface area contributed by atoms with E-state index in [1.807, 2.05) is 42.2 Å². The van der Waals surface area contributed by atoms with E-state index in [0.29, 0.717) is 5.25 Å². The fraction of sp³-hybridized carbons (Fsp3) is 0.308. The van der Waals surface area contributed by atoms with E-state index in [1.54, 1.807) is 11.8 Å². The first kappa shape index (κ1) is 12.0. The zero-order chi connectivity index (χ0) is 12.1. The fourth-order valence-electron chi connectivity index (χ4n) is 1.50. The Morgan fingerprint density at radius 3 is 2.76 bits per heavy atom. The molecular weight excluding hydrogens is 230 g/mol. The molecule has 0 aliphatic rings. The molecule has 17 heavy (non-hydrogen) atoms. The van der Waals surface area contributed by atoms with Crippen LogP contribution in [0.5, 0.6) is 0 Å². The third-order valence-corrected chi connectivity index (χ3v) is 3.62. The number of nitrogens with zero attached hydrogens (tertiary/aromatic N) is 2. The Kier molecular flexibility index (Phi) is 4.09. The van der Waals surface area contributed by atoms with Crippen LogP contribution in [-0.4, -0.2) is 21.3 Å². The number of para-hydroxylation sites is 1. The minimum atomic E-state index is 0.483. The zero-order valence-electron chi connectivity index (χ0n) is 10.1. The number of rotatable bonds is 5. The molecule has 0 fully saturated rings. The van der Waals surface area contributed by atoms with Gasteiger partial charge in [-0.3, -0.25) is 0 Å². The van der Waals surface area contributed by atoms with Crippen LogP contribution in [-0.2, 0) is 7.05 Å². The van der Waals surface area contributed by atoms with Crippen molar-refractivity contribution in [1.82, 2.24) is 9.55 Å². The molecule has 0 radical (unpaired) electrons. The molecule has 2 rings (SSSR count). The maximum atomic E-state index is 4.31. The molecule has 0 aliphatic heterocycles. The van der Waals surface area contributed by atoms with Gasteiger partial charge in [0.15, 0.2) is 5.16 Å². The first-order valence-electron chi connectivity index (χ1n) is 5.68. The Labute approximate surface area is 106 Å². The molecule has 1 aromatic carbocycles. The van der Waals surface area contributed by atoms with Crippen LogP contribution < -0.4 is 5.32 Å². The lowest BCUT2D eigenvalue weighted by Crippen LogP contribution is -2.13. The van der Waals surface area contributed by atoms with Gasteiger partial charge in [0.1, 0.15) is 0 Å². The SMILES string of the molecule is CC(CNc1ccccc1)Sc1nccn1C. The second kappa shape index (κ2) is 5.77.